The van der Waals surface area contributed by atoms with Gasteiger partial charge in [0.05, 0.1) is 13.2 Å². The van der Waals surface area contributed by atoms with E-state index in [0.717, 1.165) is 0 Å². The zero-order valence-corrected chi connectivity index (χ0v) is 10.1. The maximum absolute atomic E-state index is 9.78. The number of hydrogen-bond donors (Lipinski definition) is 7. The van der Waals surface area contributed by atoms with Gasteiger partial charge in [0.2, 0.25) is 0 Å². The Hall–Kier alpha value is -0.550. The molecule has 0 amide bonds. The molecule has 1 fully saturated rings. The maximum Gasteiger partial charge on any atom is 0.187 e. The normalized spacial score (nSPS) is 36.9. The van der Waals surface area contributed by atoms with Gasteiger partial charge in [0.15, 0.2) is 10.8 Å². The molecule has 8 nitrogen and oxygen atoms in total. The Labute approximate surface area is 104 Å². The average Bonchev–Trinajstić information content (AvgIpc) is 2.60. The average molecular weight is 267 g/mol. The van der Waals surface area contributed by atoms with Crippen LogP contribution in [0.3, 0.4) is 0 Å². The van der Waals surface area contributed by atoms with Crippen LogP contribution in [-0.4, -0.2) is 69.8 Å². The third-order valence-corrected chi connectivity index (χ3v) is 2.88. The van der Waals surface area contributed by atoms with Crippen LogP contribution in [-0.2, 0) is 4.74 Å². The number of hydrogen-bond acceptors (Lipinski definition) is 7. The molecule has 1 rings (SSSR count). The van der Waals surface area contributed by atoms with E-state index in [9.17, 15) is 15.3 Å². The van der Waals surface area contributed by atoms with Crippen molar-refractivity contribution >= 4 is 17.3 Å². The van der Waals surface area contributed by atoms with Gasteiger partial charge < -0.3 is 30.5 Å². The third-order valence-electron chi connectivity index (χ3n) is 2.57. The molecule has 100 valence electrons. The summed E-state index contributed by atoms with van der Waals surface area (Å²) >= 11 is 4.80. The standard InChI is InChI=1S/C8H17N3O5S/c1-9-7(17)10-11-8(3-13)6(15)5(14)4(2-12)16-8/h4-6,11-15H,2-3H2,1H3,(H2,9,10,17)/t4-,5+,6-,8-/m1/s1. The minimum Gasteiger partial charge on any atom is -0.394 e. The highest BCUT2D eigenvalue weighted by atomic mass is 32.1. The third kappa shape index (κ3) is 2.83. The second-order valence-corrected chi connectivity index (χ2v) is 4.06. The summed E-state index contributed by atoms with van der Waals surface area (Å²) in [5.41, 5.74) is 3.37. The van der Waals surface area contributed by atoms with Crippen LogP contribution in [0.2, 0.25) is 0 Å². The van der Waals surface area contributed by atoms with Crippen LogP contribution in [0.15, 0.2) is 0 Å². The largest absolute Gasteiger partial charge is 0.394 e. The van der Waals surface area contributed by atoms with Crippen LogP contribution in [0, 0.1) is 0 Å². The van der Waals surface area contributed by atoms with Gasteiger partial charge in [-0.3, -0.25) is 5.43 Å². The van der Waals surface area contributed by atoms with Crippen molar-refractivity contribution in [1.82, 2.24) is 16.2 Å². The van der Waals surface area contributed by atoms with E-state index >= 15 is 0 Å². The zero-order valence-electron chi connectivity index (χ0n) is 9.25. The molecule has 17 heavy (non-hydrogen) atoms. The molecule has 1 saturated heterocycles. The van der Waals surface area contributed by atoms with E-state index in [1.54, 1.807) is 7.05 Å². The van der Waals surface area contributed by atoms with Crippen molar-refractivity contribution in [1.29, 1.82) is 0 Å². The molecule has 9 heteroatoms. The molecule has 1 aliphatic rings. The van der Waals surface area contributed by atoms with Gasteiger partial charge in [-0.15, -0.1) is 0 Å². The Balaban J connectivity index is 2.71. The lowest BCUT2D eigenvalue weighted by Crippen LogP contribution is -2.63. The molecule has 0 aromatic heterocycles. The molecule has 0 unspecified atom stereocenters. The van der Waals surface area contributed by atoms with Crippen LogP contribution < -0.4 is 16.2 Å². The predicted octanol–water partition coefficient (Wildman–Crippen LogP) is -3.61. The zero-order chi connectivity index (χ0) is 13.1. The Bertz CT molecular complexity index is 282. The molecule has 0 aromatic rings. The van der Waals surface area contributed by atoms with Gasteiger partial charge >= 0.3 is 0 Å². The Morgan fingerprint density at radius 1 is 1.41 bits per heavy atom. The molecule has 1 heterocycles. The van der Waals surface area contributed by atoms with Gasteiger partial charge in [-0.1, -0.05) is 0 Å². The summed E-state index contributed by atoms with van der Waals surface area (Å²) in [6.45, 7) is -1.08. The van der Waals surface area contributed by atoms with Crippen LogP contribution in [0.4, 0.5) is 0 Å². The highest BCUT2D eigenvalue weighted by Crippen LogP contribution is 2.28. The van der Waals surface area contributed by atoms with Crippen molar-refractivity contribution in [2.24, 2.45) is 0 Å². The molecule has 4 atom stereocenters. The Morgan fingerprint density at radius 3 is 2.47 bits per heavy atom. The number of aliphatic hydroxyl groups is 4. The number of aliphatic hydroxyl groups excluding tert-OH is 4. The summed E-state index contributed by atoms with van der Waals surface area (Å²) in [6.07, 6.45) is -3.68. The molecule has 0 saturated carbocycles. The molecular formula is C8H17N3O5S. The number of hydrazine groups is 1. The second-order valence-electron chi connectivity index (χ2n) is 3.65. The van der Waals surface area contributed by atoms with Crippen molar-refractivity contribution in [2.75, 3.05) is 20.3 Å². The monoisotopic (exact) mass is 267 g/mol. The Morgan fingerprint density at radius 2 is 2.06 bits per heavy atom. The fourth-order valence-corrected chi connectivity index (χ4v) is 1.58. The van der Waals surface area contributed by atoms with Gasteiger partial charge in [-0.25, -0.2) is 0 Å². The van der Waals surface area contributed by atoms with Crippen molar-refractivity contribution in [3.63, 3.8) is 0 Å². The van der Waals surface area contributed by atoms with E-state index in [1.807, 2.05) is 0 Å². The molecule has 0 aliphatic carbocycles. The van der Waals surface area contributed by atoms with Gasteiger partial charge in [0.1, 0.15) is 18.3 Å². The number of thiocarbonyl (C=S) groups is 1. The first-order valence-corrected chi connectivity index (χ1v) is 5.42. The summed E-state index contributed by atoms with van der Waals surface area (Å²) in [7, 11) is 1.58. The maximum atomic E-state index is 9.78. The van der Waals surface area contributed by atoms with Gasteiger partial charge in [-0.05, 0) is 12.2 Å². The highest BCUT2D eigenvalue weighted by Gasteiger charge is 2.54. The SMILES string of the molecule is CNC(=S)NN[C@]1(CO)O[C@H](CO)[C@H](O)[C@H]1O. The topological polar surface area (TPSA) is 126 Å². The van der Waals surface area contributed by atoms with E-state index in [2.05, 4.69) is 16.2 Å². The first-order chi connectivity index (χ1) is 8.00. The predicted molar refractivity (Wildman–Crippen MR) is 61.7 cm³/mol. The van der Waals surface area contributed by atoms with Crippen molar-refractivity contribution in [2.45, 2.75) is 24.0 Å². The molecule has 0 spiro atoms. The van der Waals surface area contributed by atoms with Crippen molar-refractivity contribution < 1.29 is 25.2 Å². The van der Waals surface area contributed by atoms with E-state index in [0.29, 0.717) is 0 Å². The molecular weight excluding hydrogens is 250 g/mol. The number of rotatable bonds is 4. The fraction of sp³-hybridized carbons (Fsp3) is 0.875. The Kier molecular flexibility index (Phi) is 5.01. The molecule has 0 aromatic carbocycles. The molecule has 7 N–H and O–H groups in total. The highest BCUT2D eigenvalue weighted by molar-refractivity contribution is 7.80. The lowest BCUT2D eigenvalue weighted by Gasteiger charge is -2.31. The molecule has 0 radical (unpaired) electrons. The van der Waals surface area contributed by atoms with Crippen LogP contribution >= 0.6 is 12.2 Å². The number of nitrogens with one attached hydrogen (secondary N) is 3. The second kappa shape index (κ2) is 5.87. The number of ether oxygens (including phenoxy) is 1. The quantitative estimate of drug-likeness (QED) is 0.204. The van der Waals surface area contributed by atoms with Gasteiger partial charge in [0.25, 0.3) is 0 Å². The van der Waals surface area contributed by atoms with Crippen LogP contribution in [0.1, 0.15) is 0 Å². The lowest BCUT2D eigenvalue weighted by molar-refractivity contribution is -0.142. The molecule has 0 bridgehead atoms. The summed E-state index contributed by atoms with van der Waals surface area (Å²) in [5.74, 6) is 0. The van der Waals surface area contributed by atoms with Crippen LogP contribution in [0.25, 0.3) is 0 Å². The summed E-state index contributed by atoms with van der Waals surface area (Å²) in [6, 6.07) is 0. The van der Waals surface area contributed by atoms with Gasteiger partial charge in [-0.2, -0.15) is 5.43 Å². The van der Waals surface area contributed by atoms with E-state index in [-0.39, 0.29) is 5.11 Å². The van der Waals surface area contributed by atoms with Crippen molar-refractivity contribution in [3.8, 4) is 0 Å². The van der Waals surface area contributed by atoms with E-state index in [1.165, 1.54) is 0 Å². The lowest BCUT2D eigenvalue weighted by atomic mass is 10.0. The van der Waals surface area contributed by atoms with Gasteiger partial charge in [0, 0.05) is 7.05 Å². The first-order valence-electron chi connectivity index (χ1n) is 5.01. The van der Waals surface area contributed by atoms with E-state index in [4.69, 9.17) is 22.1 Å². The van der Waals surface area contributed by atoms with E-state index < -0.39 is 37.3 Å². The minimum absolute atomic E-state index is 0.218. The smallest absolute Gasteiger partial charge is 0.187 e. The summed E-state index contributed by atoms with van der Waals surface area (Å²) < 4.78 is 5.21. The summed E-state index contributed by atoms with van der Waals surface area (Å²) in [4.78, 5) is 0. The van der Waals surface area contributed by atoms with Crippen molar-refractivity contribution in [3.05, 3.63) is 0 Å². The summed E-state index contributed by atoms with van der Waals surface area (Å²) in [5, 5.41) is 40.4. The fourth-order valence-electron chi connectivity index (χ4n) is 1.53. The molecule has 1 aliphatic heterocycles. The first kappa shape index (κ1) is 14.5. The van der Waals surface area contributed by atoms with Crippen LogP contribution in [0.5, 0.6) is 0 Å². The minimum atomic E-state index is -1.62.